The first-order valence-electron chi connectivity index (χ1n) is 13.2. The number of imide groups is 1. The number of esters is 1. The van der Waals surface area contributed by atoms with Gasteiger partial charge in [0.15, 0.2) is 11.5 Å². The molecule has 0 bridgehead atoms. The van der Waals surface area contributed by atoms with Gasteiger partial charge in [0.25, 0.3) is 11.8 Å². The molecule has 10 nitrogen and oxygen atoms in total. The second-order valence-electron chi connectivity index (χ2n) is 9.99. The molecule has 0 saturated heterocycles. The third-order valence-corrected chi connectivity index (χ3v) is 7.04. The average Bonchev–Trinajstić information content (AvgIpc) is 3.45. The molecule has 4 rings (SSSR count). The summed E-state index contributed by atoms with van der Waals surface area (Å²) in [5.74, 6) is -1.68. The number of fused-ring (bicyclic) bond motifs is 1. The predicted molar refractivity (Wildman–Crippen MR) is 151 cm³/mol. The van der Waals surface area contributed by atoms with Crippen molar-refractivity contribution in [3.8, 4) is 17.2 Å². The number of carbonyl (C=O) groups excluding carboxylic acids is 3. The van der Waals surface area contributed by atoms with Crippen molar-refractivity contribution in [3.05, 3.63) is 53.5 Å². The van der Waals surface area contributed by atoms with Crippen LogP contribution in [0.5, 0.6) is 17.2 Å². The van der Waals surface area contributed by atoms with Crippen molar-refractivity contribution in [1.29, 1.82) is 0 Å². The van der Waals surface area contributed by atoms with E-state index in [9.17, 15) is 18.8 Å². The van der Waals surface area contributed by atoms with E-state index in [0.717, 1.165) is 0 Å². The zero-order valence-electron chi connectivity index (χ0n) is 23.9. The molecule has 218 valence electrons. The molecule has 1 aromatic heterocycles. The number of nitrogens with zero attached hydrogens (tertiary/aromatic N) is 1. The summed E-state index contributed by atoms with van der Waals surface area (Å²) >= 11 is 0. The maximum Gasteiger partial charge on any atom is 0.325 e. The van der Waals surface area contributed by atoms with Crippen LogP contribution in [-0.4, -0.2) is 56.3 Å². The molecule has 1 aliphatic rings. The number of halogens is 1. The van der Waals surface area contributed by atoms with Crippen molar-refractivity contribution in [2.75, 3.05) is 27.9 Å². The molecule has 2 unspecified atom stereocenters. The highest BCUT2D eigenvalue weighted by Crippen LogP contribution is 2.44. The van der Waals surface area contributed by atoms with Gasteiger partial charge in [-0.3, -0.25) is 19.7 Å². The number of nitrogens with one attached hydrogen (secondary N) is 1. The molecule has 1 aliphatic heterocycles. The van der Waals surface area contributed by atoms with Crippen LogP contribution in [0.2, 0.25) is 0 Å². The van der Waals surface area contributed by atoms with Gasteiger partial charge in [0.1, 0.15) is 11.9 Å². The molecule has 2 heterocycles. The number of hydrogen-bond donors (Lipinski definition) is 2. The molecule has 3 aromatic rings. The maximum absolute atomic E-state index is 14.6. The zero-order valence-corrected chi connectivity index (χ0v) is 23.9. The molecule has 11 heteroatoms. The summed E-state index contributed by atoms with van der Waals surface area (Å²) in [7, 11) is 4.33. The normalized spacial score (nSPS) is 14.9. The van der Waals surface area contributed by atoms with Gasteiger partial charge in [0.05, 0.1) is 45.1 Å². The first-order chi connectivity index (χ1) is 19.6. The lowest BCUT2D eigenvalue weighted by atomic mass is 9.95. The van der Waals surface area contributed by atoms with Gasteiger partial charge in [-0.05, 0) is 48.2 Å². The number of aromatic nitrogens is 1. The number of benzene rings is 2. The molecular formula is C30H34FN3O7. The summed E-state index contributed by atoms with van der Waals surface area (Å²) in [4.78, 5) is 39.3. The molecule has 0 aliphatic carbocycles. The van der Waals surface area contributed by atoms with E-state index in [4.69, 9.17) is 24.7 Å². The highest BCUT2D eigenvalue weighted by atomic mass is 19.1. The van der Waals surface area contributed by atoms with Gasteiger partial charge in [-0.1, -0.05) is 20.8 Å². The van der Waals surface area contributed by atoms with Crippen LogP contribution in [0, 0.1) is 11.7 Å². The van der Waals surface area contributed by atoms with Gasteiger partial charge in [-0.15, -0.1) is 0 Å². The summed E-state index contributed by atoms with van der Waals surface area (Å²) in [5, 5.41) is 2.73. The Morgan fingerprint density at radius 2 is 1.63 bits per heavy atom. The molecule has 3 N–H and O–H groups in total. The molecule has 0 saturated carbocycles. The van der Waals surface area contributed by atoms with Gasteiger partial charge in [-0.2, -0.15) is 0 Å². The van der Waals surface area contributed by atoms with E-state index in [1.165, 1.54) is 33.5 Å². The Morgan fingerprint density at radius 3 is 2.20 bits per heavy atom. The summed E-state index contributed by atoms with van der Waals surface area (Å²) < 4.78 is 38.0. The number of nitrogens with two attached hydrogens (primary N) is 1. The number of carbonyl (C=O) groups is 3. The van der Waals surface area contributed by atoms with Gasteiger partial charge < -0.3 is 29.2 Å². The molecule has 0 radical (unpaired) electrons. The van der Waals surface area contributed by atoms with Crippen LogP contribution < -0.4 is 25.3 Å². The molecule has 2 aromatic carbocycles. The molecule has 0 spiro atoms. The summed E-state index contributed by atoms with van der Waals surface area (Å²) in [6.07, 6.45) is 2.27. The molecule has 41 heavy (non-hydrogen) atoms. The van der Waals surface area contributed by atoms with E-state index in [1.807, 2.05) is 20.8 Å². The quantitative estimate of drug-likeness (QED) is 0.264. The smallest absolute Gasteiger partial charge is 0.325 e. The minimum Gasteiger partial charge on any atom is -0.493 e. The van der Waals surface area contributed by atoms with E-state index in [-0.39, 0.29) is 35.2 Å². The van der Waals surface area contributed by atoms with Crippen molar-refractivity contribution < 1.29 is 37.7 Å². The van der Waals surface area contributed by atoms with Crippen LogP contribution in [0.4, 0.5) is 4.39 Å². The Balaban J connectivity index is 2.00. The number of rotatable bonds is 11. The number of ether oxygens (including phenoxy) is 4. The lowest BCUT2D eigenvalue weighted by Crippen LogP contribution is -2.43. The Morgan fingerprint density at radius 1 is 1.00 bits per heavy atom. The van der Waals surface area contributed by atoms with Crippen LogP contribution in [-0.2, 0) is 19.1 Å². The first-order valence-corrected chi connectivity index (χ1v) is 13.2. The standard InChI is InChI=1S/C30H34FN3O7/c1-7-10-41-30(37)25(32)26(15(2)3)34-14-19(18-13-17(31)8-9-20(18)34)24-23(28(35)33-29(24)36)16-11-21(38-4)27(40-6)22(12-16)39-5/h8-9,11-15,25-26H,7,10,32H2,1-6H3,(H,33,35,36). The molecule has 0 fully saturated rings. The van der Waals surface area contributed by atoms with Gasteiger partial charge in [-0.25, -0.2) is 4.39 Å². The lowest BCUT2D eigenvalue weighted by Gasteiger charge is -2.28. The van der Waals surface area contributed by atoms with E-state index in [1.54, 1.807) is 29.0 Å². The minimum atomic E-state index is -1.04. The first kappa shape index (κ1) is 29.6. The maximum atomic E-state index is 14.6. The monoisotopic (exact) mass is 567 g/mol. The van der Waals surface area contributed by atoms with Crippen LogP contribution in [0.15, 0.2) is 36.5 Å². The summed E-state index contributed by atoms with van der Waals surface area (Å²) in [6, 6.07) is 5.60. The minimum absolute atomic E-state index is 0.0308. The van der Waals surface area contributed by atoms with Gasteiger partial charge in [0.2, 0.25) is 5.75 Å². The average molecular weight is 568 g/mol. The highest BCUT2D eigenvalue weighted by Gasteiger charge is 2.37. The third kappa shape index (κ3) is 5.37. The number of amides is 2. The molecule has 2 amide bonds. The second kappa shape index (κ2) is 12.0. The fourth-order valence-electron chi connectivity index (χ4n) is 5.23. The largest absolute Gasteiger partial charge is 0.493 e. The van der Waals surface area contributed by atoms with Gasteiger partial charge >= 0.3 is 5.97 Å². The molecular weight excluding hydrogens is 533 g/mol. The zero-order chi connectivity index (χ0) is 30.0. The highest BCUT2D eigenvalue weighted by molar-refractivity contribution is 6.50. The SMILES string of the molecule is CCCOC(=O)C(N)C(C(C)C)n1cc(C2=C(c3cc(OC)c(OC)c(OC)c3)C(=O)NC2=O)c2cc(F)ccc21. The van der Waals surface area contributed by atoms with E-state index in [0.29, 0.717) is 34.2 Å². The number of hydrogen-bond acceptors (Lipinski definition) is 8. The fraction of sp³-hybridized carbons (Fsp3) is 0.367. The van der Waals surface area contributed by atoms with Crippen molar-refractivity contribution in [1.82, 2.24) is 9.88 Å². The Kier molecular flexibility index (Phi) is 8.67. The third-order valence-electron chi connectivity index (χ3n) is 7.04. The van der Waals surface area contributed by atoms with Crippen molar-refractivity contribution in [3.63, 3.8) is 0 Å². The van der Waals surface area contributed by atoms with E-state index in [2.05, 4.69) is 5.32 Å². The van der Waals surface area contributed by atoms with Crippen molar-refractivity contribution in [2.24, 2.45) is 11.7 Å². The summed E-state index contributed by atoms with van der Waals surface area (Å²) in [5.41, 5.74) is 7.66. The van der Waals surface area contributed by atoms with E-state index < -0.39 is 35.7 Å². The van der Waals surface area contributed by atoms with E-state index >= 15 is 0 Å². The second-order valence-corrected chi connectivity index (χ2v) is 9.99. The van der Waals surface area contributed by atoms with Crippen LogP contribution >= 0.6 is 0 Å². The van der Waals surface area contributed by atoms with Crippen LogP contribution in [0.1, 0.15) is 44.4 Å². The Bertz CT molecular complexity index is 1520. The topological polar surface area (TPSA) is 131 Å². The van der Waals surface area contributed by atoms with Crippen molar-refractivity contribution >= 4 is 39.8 Å². The van der Waals surface area contributed by atoms with Gasteiger partial charge in [0, 0.05) is 22.7 Å². The Hall–Kier alpha value is -4.38. The Labute approximate surface area is 237 Å². The lowest BCUT2D eigenvalue weighted by molar-refractivity contribution is -0.146. The van der Waals surface area contributed by atoms with Crippen molar-refractivity contribution in [2.45, 2.75) is 39.3 Å². The predicted octanol–water partition coefficient (Wildman–Crippen LogP) is 3.85. The van der Waals surface area contributed by atoms with Crippen LogP contribution in [0.3, 0.4) is 0 Å². The molecule has 2 atom stereocenters. The van der Waals surface area contributed by atoms with Crippen LogP contribution in [0.25, 0.3) is 22.0 Å². The number of methoxy groups -OCH3 is 3. The fourth-order valence-corrected chi connectivity index (χ4v) is 5.23. The summed E-state index contributed by atoms with van der Waals surface area (Å²) in [6.45, 7) is 5.91.